The van der Waals surface area contributed by atoms with E-state index in [2.05, 4.69) is 6.92 Å². The lowest BCUT2D eigenvalue weighted by Crippen LogP contribution is -2.44. The summed E-state index contributed by atoms with van der Waals surface area (Å²) in [4.78, 5) is 12.3. The average Bonchev–Trinajstić information content (AvgIpc) is 2.70. The molecule has 0 radical (unpaired) electrons. The number of benzene rings is 1. The molecule has 0 amide bonds. The van der Waals surface area contributed by atoms with E-state index < -0.39 is 0 Å². The molecule has 1 saturated carbocycles. The van der Waals surface area contributed by atoms with Gasteiger partial charge in [-0.25, -0.2) is 0 Å². The van der Waals surface area contributed by atoms with Crippen molar-refractivity contribution in [2.75, 3.05) is 7.11 Å². The van der Waals surface area contributed by atoms with E-state index in [0.29, 0.717) is 23.7 Å². The number of ether oxygens (including phenoxy) is 2. The van der Waals surface area contributed by atoms with Crippen LogP contribution >= 0.6 is 0 Å². The first-order chi connectivity index (χ1) is 8.64. The monoisotopic (exact) mass is 246 g/mol. The lowest BCUT2D eigenvalue weighted by Gasteiger charge is -2.38. The van der Waals surface area contributed by atoms with Gasteiger partial charge in [-0.2, -0.15) is 0 Å². The quantitative estimate of drug-likeness (QED) is 0.763. The fourth-order valence-electron chi connectivity index (χ4n) is 3.20. The molecule has 3 nitrogen and oxygen atoms in total. The van der Waals surface area contributed by atoms with Crippen LogP contribution in [0.15, 0.2) is 18.2 Å². The van der Waals surface area contributed by atoms with E-state index in [1.807, 2.05) is 12.1 Å². The van der Waals surface area contributed by atoms with Gasteiger partial charge in [0, 0.05) is 0 Å². The Morgan fingerprint density at radius 2 is 2.28 bits per heavy atom. The van der Waals surface area contributed by atoms with Gasteiger partial charge >= 0.3 is 0 Å². The van der Waals surface area contributed by atoms with Crippen molar-refractivity contribution >= 4 is 5.78 Å². The van der Waals surface area contributed by atoms with Crippen molar-refractivity contribution in [3.05, 3.63) is 23.8 Å². The molecule has 1 spiro atoms. The maximum atomic E-state index is 12.3. The summed E-state index contributed by atoms with van der Waals surface area (Å²) >= 11 is 0. The molecular formula is C15H18O3. The van der Waals surface area contributed by atoms with Crippen molar-refractivity contribution in [3.8, 4) is 11.5 Å². The van der Waals surface area contributed by atoms with Crippen LogP contribution in [0.2, 0.25) is 0 Å². The molecule has 0 N–H and O–H groups in total. The van der Waals surface area contributed by atoms with Gasteiger partial charge in [0.05, 0.1) is 19.1 Å². The maximum Gasteiger partial charge on any atom is 0.170 e. The number of ketones is 1. The number of carbonyl (C=O) groups is 1. The topological polar surface area (TPSA) is 35.5 Å². The van der Waals surface area contributed by atoms with Crippen LogP contribution in [0.5, 0.6) is 11.5 Å². The molecule has 1 fully saturated rings. The first-order valence-electron chi connectivity index (χ1n) is 6.55. The van der Waals surface area contributed by atoms with Gasteiger partial charge in [-0.3, -0.25) is 4.79 Å². The van der Waals surface area contributed by atoms with Crippen LogP contribution in [0.3, 0.4) is 0 Å². The Morgan fingerprint density at radius 1 is 1.44 bits per heavy atom. The van der Waals surface area contributed by atoms with E-state index in [9.17, 15) is 4.79 Å². The highest BCUT2D eigenvalue weighted by molar-refractivity contribution is 6.00. The van der Waals surface area contributed by atoms with Crippen LogP contribution in [0.25, 0.3) is 0 Å². The lowest BCUT2D eigenvalue weighted by atomic mass is 9.83. The van der Waals surface area contributed by atoms with Crippen LogP contribution in [-0.2, 0) is 0 Å². The standard InChI is InChI=1S/C15H18O3/c1-10-4-3-7-15(10)9-13(16)12-8-11(17-2)5-6-14(12)18-15/h5-6,8,10H,3-4,7,9H2,1-2H3. The van der Waals surface area contributed by atoms with E-state index >= 15 is 0 Å². The summed E-state index contributed by atoms with van der Waals surface area (Å²) in [5.41, 5.74) is 0.414. The van der Waals surface area contributed by atoms with Crippen LogP contribution in [0.4, 0.5) is 0 Å². The van der Waals surface area contributed by atoms with E-state index in [4.69, 9.17) is 9.47 Å². The Balaban J connectivity index is 2.00. The minimum absolute atomic E-state index is 0.184. The Labute approximate surface area is 107 Å². The summed E-state index contributed by atoms with van der Waals surface area (Å²) in [6.07, 6.45) is 3.80. The third-order valence-electron chi connectivity index (χ3n) is 4.40. The van der Waals surface area contributed by atoms with E-state index in [1.54, 1.807) is 13.2 Å². The minimum Gasteiger partial charge on any atom is -0.497 e. The first-order valence-corrected chi connectivity index (χ1v) is 6.55. The molecule has 96 valence electrons. The van der Waals surface area contributed by atoms with Gasteiger partial charge in [-0.05, 0) is 43.4 Å². The predicted molar refractivity (Wildman–Crippen MR) is 68.3 cm³/mol. The second kappa shape index (κ2) is 4.01. The normalized spacial score (nSPS) is 30.1. The molecule has 1 aromatic carbocycles. The zero-order valence-electron chi connectivity index (χ0n) is 10.9. The summed E-state index contributed by atoms with van der Waals surface area (Å²) in [5.74, 6) is 2.07. The minimum atomic E-state index is -0.251. The molecule has 0 saturated heterocycles. The summed E-state index contributed by atoms with van der Waals surface area (Å²) in [6.45, 7) is 2.19. The van der Waals surface area contributed by atoms with Crippen LogP contribution < -0.4 is 9.47 Å². The number of hydrogen-bond acceptors (Lipinski definition) is 3. The highest BCUT2D eigenvalue weighted by Gasteiger charge is 2.47. The van der Waals surface area contributed by atoms with Crippen molar-refractivity contribution < 1.29 is 14.3 Å². The number of carbonyl (C=O) groups excluding carboxylic acids is 1. The summed E-state index contributed by atoms with van der Waals surface area (Å²) < 4.78 is 11.3. The van der Waals surface area contributed by atoms with Crippen LogP contribution in [0, 0.1) is 5.92 Å². The molecule has 0 bridgehead atoms. The van der Waals surface area contributed by atoms with Gasteiger partial charge in [0.1, 0.15) is 17.1 Å². The third-order valence-corrected chi connectivity index (χ3v) is 4.40. The second-order valence-electron chi connectivity index (χ2n) is 5.42. The summed E-state index contributed by atoms with van der Waals surface area (Å²) in [5, 5.41) is 0. The van der Waals surface area contributed by atoms with Gasteiger partial charge < -0.3 is 9.47 Å². The SMILES string of the molecule is COc1ccc2c(c1)C(=O)CC1(CCCC1C)O2. The molecule has 1 aliphatic carbocycles. The fraction of sp³-hybridized carbons (Fsp3) is 0.533. The molecular weight excluding hydrogens is 228 g/mol. The molecule has 3 rings (SSSR count). The van der Waals surface area contributed by atoms with E-state index in [1.165, 1.54) is 0 Å². The number of methoxy groups -OCH3 is 1. The largest absolute Gasteiger partial charge is 0.497 e. The average molecular weight is 246 g/mol. The summed E-state index contributed by atoms with van der Waals surface area (Å²) in [7, 11) is 1.61. The second-order valence-corrected chi connectivity index (χ2v) is 5.42. The van der Waals surface area contributed by atoms with Crippen LogP contribution in [0.1, 0.15) is 43.0 Å². The van der Waals surface area contributed by atoms with Crippen LogP contribution in [-0.4, -0.2) is 18.5 Å². The summed E-state index contributed by atoms with van der Waals surface area (Å²) in [6, 6.07) is 5.49. The lowest BCUT2D eigenvalue weighted by molar-refractivity contribution is 0.0178. The van der Waals surface area contributed by atoms with Crippen molar-refractivity contribution in [3.63, 3.8) is 0 Å². The molecule has 18 heavy (non-hydrogen) atoms. The zero-order chi connectivity index (χ0) is 12.8. The van der Waals surface area contributed by atoms with Crippen molar-refractivity contribution in [1.82, 2.24) is 0 Å². The van der Waals surface area contributed by atoms with Crippen molar-refractivity contribution in [1.29, 1.82) is 0 Å². The molecule has 2 atom stereocenters. The Hall–Kier alpha value is -1.51. The van der Waals surface area contributed by atoms with Crippen molar-refractivity contribution in [2.45, 2.75) is 38.2 Å². The number of fused-ring (bicyclic) bond motifs is 1. The maximum absolute atomic E-state index is 12.3. The Bertz CT molecular complexity index is 495. The van der Waals surface area contributed by atoms with Gasteiger partial charge in [0.2, 0.25) is 0 Å². The highest BCUT2D eigenvalue weighted by Crippen LogP contribution is 2.46. The molecule has 1 aromatic rings. The smallest absolute Gasteiger partial charge is 0.170 e. The van der Waals surface area contributed by atoms with E-state index in [0.717, 1.165) is 25.0 Å². The fourth-order valence-corrected chi connectivity index (χ4v) is 3.20. The van der Waals surface area contributed by atoms with E-state index in [-0.39, 0.29) is 11.4 Å². The molecule has 2 aliphatic rings. The molecule has 1 heterocycles. The molecule has 0 aromatic heterocycles. The molecule has 1 aliphatic heterocycles. The first kappa shape index (κ1) is 11.6. The Morgan fingerprint density at radius 3 is 2.94 bits per heavy atom. The number of Topliss-reactive ketones (excluding diaryl/α,β-unsaturated/α-hetero) is 1. The highest BCUT2D eigenvalue weighted by atomic mass is 16.5. The van der Waals surface area contributed by atoms with Gasteiger partial charge in [0.25, 0.3) is 0 Å². The molecule has 2 unspecified atom stereocenters. The van der Waals surface area contributed by atoms with Crippen molar-refractivity contribution in [2.24, 2.45) is 5.92 Å². The molecule has 3 heteroatoms. The van der Waals surface area contributed by atoms with Gasteiger partial charge in [-0.15, -0.1) is 0 Å². The predicted octanol–water partition coefficient (Wildman–Crippen LogP) is 3.22. The number of rotatable bonds is 1. The van der Waals surface area contributed by atoms with Gasteiger partial charge in [-0.1, -0.05) is 6.92 Å². The van der Waals surface area contributed by atoms with Gasteiger partial charge in [0.15, 0.2) is 5.78 Å². The number of hydrogen-bond donors (Lipinski definition) is 0. The zero-order valence-corrected chi connectivity index (χ0v) is 10.9. The Kier molecular flexibility index (Phi) is 2.58. The third kappa shape index (κ3) is 1.61.